The van der Waals surface area contributed by atoms with Gasteiger partial charge in [-0.25, -0.2) is 8.42 Å². The number of amides is 2. The van der Waals surface area contributed by atoms with E-state index in [2.05, 4.69) is 21.2 Å². The van der Waals surface area contributed by atoms with Gasteiger partial charge in [0.2, 0.25) is 11.8 Å². The number of aryl methyl sites for hydroxylation is 1. The maximum Gasteiger partial charge on any atom is 0.264 e. The van der Waals surface area contributed by atoms with Crippen LogP contribution in [0.2, 0.25) is 10.0 Å². The van der Waals surface area contributed by atoms with Crippen molar-refractivity contribution in [2.45, 2.75) is 51.1 Å². The highest BCUT2D eigenvalue weighted by Gasteiger charge is 2.33. The monoisotopic (exact) mass is 667 g/mol. The fourth-order valence-corrected chi connectivity index (χ4v) is 6.09. The fourth-order valence-electron chi connectivity index (χ4n) is 4.09. The Morgan fingerprint density at radius 3 is 2.17 bits per heavy atom. The number of nitrogens with zero attached hydrogens (tertiary/aromatic N) is 2. The van der Waals surface area contributed by atoms with Crippen molar-refractivity contribution in [3.8, 4) is 0 Å². The van der Waals surface area contributed by atoms with Crippen LogP contribution in [0.25, 0.3) is 0 Å². The van der Waals surface area contributed by atoms with E-state index in [1.165, 1.54) is 17.0 Å². The van der Waals surface area contributed by atoms with Gasteiger partial charge in [0.15, 0.2) is 0 Å². The van der Waals surface area contributed by atoms with Gasteiger partial charge in [0.1, 0.15) is 12.6 Å². The predicted octanol–water partition coefficient (Wildman–Crippen LogP) is 6.59. The summed E-state index contributed by atoms with van der Waals surface area (Å²) in [5, 5.41) is 3.54. The molecule has 0 saturated carbocycles. The molecule has 0 spiro atoms. The summed E-state index contributed by atoms with van der Waals surface area (Å²) in [6, 6.07) is 17.2. The Labute approximate surface area is 254 Å². The van der Waals surface area contributed by atoms with E-state index in [1.807, 2.05) is 13.8 Å². The van der Waals surface area contributed by atoms with Gasteiger partial charge in [-0.15, -0.1) is 0 Å². The van der Waals surface area contributed by atoms with Crippen molar-refractivity contribution in [1.82, 2.24) is 10.2 Å². The third kappa shape index (κ3) is 8.00. The summed E-state index contributed by atoms with van der Waals surface area (Å²) in [4.78, 5) is 28.6. The van der Waals surface area contributed by atoms with Crippen LogP contribution >= 0.6 is 39.1 Å². The quantitative estimate of drug-likeness (QED) is 0.236. The zero-order chi connectivity index (χ0) is 29.4. The number of hydrogen-bond acceptors (Lipinski definition) is 4. The zero-order valence-electron chi connectivity index (χ0n) is 22.5. The Kier molecular flexibility index (Phi) is 11.5. The Morgan fingerprint density at radius 1 is 0.950 bits per heavy atom. The third-order valence-electron chi connectivity index (χ3n) is 6.27. The van der Waals surface area contributed by atoms with Gasteiger partial charge in [0.25, 0.3) is 10.0 Å². The van der Waals surface area contributed by atoms with Crippen LogP contribution in [-0.4, -0.2) is 44.3 Å². The predicted molar refractivity (Wildman–Crippen MR) is 164 cm³/mol. The van der Waals surface area contributed by atoms with E-state index >= 15 is 0 Å². The molecule has 0 heterocycles. The molecule has 3 rings (SSSR count). The number of benzene rings is 3. The van der Waals surface area contributed by atoms with Crippen LogP contribution in [0.1, 0.15) is 37.8 Å². The minimum Gasteiger partial charge on any atom is -0.354 e. The topological polar surface area (TPSA) is 86.8 Å². The molecule has 214 valence electrons. The number of hydrogen-bond donors (Lipinski definition) is 1. The molecule has 0 saturated heterocycles. The van der Waals surface area contributed by atoms with Gasteiger partial charge >= 0.3 is 0 Å². The molecule has 0 fully saturated rings. The van der Waals surface area contributed by atoms with Crippen LogP contribution < -0.4 is 9.62 Å². The average Bonchev–Trinajstić information content (AvgIpc) is 2.93. The summed E-state index contributed by atoms with van der Waals surface area (Å²) in [5.74, 6) is -0.850. The normalized spacial score (nSPS) is 12.1. The number of sulfonamides is 1. The molecule has 2 amide bonds. The summed E-state index contributed by atoms with van der Waals surface area (Å²) >= 11 is 15.7. The molecule has 0 bridgehead atoms. The van der Waals surface area contributed by atoms with E-state index in [9.17, 15) is 18.0 Å². The molecule has 3 aromatic carbocycles. The molecule has 0 aliphatic rings. The van der Waals surface area contributed by atoms with Gasteiger partial charge < -0.3 is 10.2 Å². The molecule has 3 aromatic rings. The highest BCUT2D eigenvalue weighted by Crippen LogP contribution is 2.27. The second kappa shape index (κ2) is 14.3. The van der Waals surface area contributed by atoms with E-state index in [4.69, 9.17) is 23.2 Å². The number of halogens is 3. The van der Waals surface area contributed by atoms with Crippen LogP contribution in [0.15, 0.2) is 76.1 Å². The van der Waals surface area contributed by atoms with Crippen molar-refractivity contribution in [3.05, 3.63) is 92.4 Å². The van der Waals surface area contributed by atoms with Crippen molar-refractivity contribution >= 4 is 66.7 Å². The largest absolute Gasteiger partial charge is 0.354 e. The fraction of sp³-hybridized carbons (Fsp3) is 0.310. The first kappa shape index (κ1) is 31.9. The SMILES string of the molecule is CCCNC(=O)C(CC)N(Cc1ccc(Cl)c(Cl)c1)C(=O)CN(c1ccc(Br)cc1)S(=O)(=O)c1ccc(C)cc1. The van der Waals surface area contributed by atoms with Gasteiger partial charge in [-0.2, -0.15) is 0 Å². The maximum absolute atomic E-state index is 14.0. The number of anilines is 1. The Balaban J connectivity index is 2.06. The number of carbonyl (C=O) groups excluding carboxylic acids is 2. The molecular weight excluding hydrogens is 637 g/mol. The van der Waals surface area contributed by atoms with Crippen molar-refractivity contribution in [1.29, 1.82) is 0 Å². The first-order valence-electron chi connectivity index (χ1n) is 12.8. The molecule has 1 unspecified atom stereocenters. The average molecular weight is 669 g/mol. The van der Waals surface area contributed by atoms with Crippen LogP contribution in [0, 0.1) is 6.92 Å². The minimum absolute atomic E-state index is 0.0343. The second-order valence-electron chi connectivity index (χ2n) is 9.29. The Bertz CT molecular complexity index is 1430. The minimum atomic E-state index is -4.13. The highest BCUT2D eigenvalue weighted by atomic mass is 79.9. The lowest BCUT2D eigenvalue weighted by Gasteiger charge is -2.33. The summed E-state index contributed by atoms with van der Waals surface area (Å²) in [6.45, 7) is 5.58. The van der Waals surface area contributed by atoms with Crippen molar-refractivity contribution in [3.63, 3.8) is 0 Å². The van der Waals surface area contributed by atoms with Crippen LogP contribution in [-0.2, 0) is 26.2 Å². The number of rotatable bonds is 12. The number of nitrogens with one attached hydrogen (secondary N) is 1. The van der Waals surface area contributed by atoms with Gasteiger partial charge in [0.05, 0.1) is 20.6 Å². The van der Waals surface area contributed by atoms with Crippen molar-refractivity contribution in [2.24, 2.45) is 0 Å². The lowest BCUT2D eigenvalue weighted by molar-refractivity contribution is -0.140. The summed E-state index contributed by atoms with van der Waals surface area (Å²) < 4.78 is 29.6. The molecular formula is C29H32BrCl2N3O4S. The molecule has 0 radical (unpaired) electrons. The standard InChI is InChI=1S/C29H32BrCl2N3O4S/c1-4-16-33-29(37)27(5-2)34(18-21-8-15-25(31)26(32)17-21)28(36)19-35(23-11-9-22(30)10-12-23)40(38,39)24-13-6-20(3)7-14-24/h6-15,17,27H,4-5,16,18-19H2,1-3H3,(H,33,37). The maximum atomic E-state index is 14.0. The molecule has 0 aliphatic carbocycles. The van der Waals surface area contributed by atoms with E-state index < -0.39 is 28.5 Å². The van der Waals surface area contributed by atoms with E-state index in [0.29, 0.717) is 34.3 Å². The summed E-state index contributed by atoms with van der Waals surface area (Å²) in [5.41, 5.74) is 1.87. The highest BCUT2D eigenvalue weighted by molar-refractivity contribution is 9.10. The smallest absolute Gasteiger partial charge is 0.264 e. The Morgan fingerprint density at radius 2 is 1.60 bits per heavy atom. The van der Waals surface area contributed by atoms with Gasteiger partial charge in [-0.05, 0) is 73.9 Å². The lowest BCUT2D eigenvalue weighted by atomic mass is 10.1. The lowest BCUT2D eigenvalue weighted by Crippen LogP contribution is -2.52. The first-order valence-corrected chi connectivity index (χ1v) is 15.8. The molecule has 40 heavy (non-hydrogen) atoms. The van der Waals surface area contributed by atoms with Crippen LogP contribution in [0.5, 0.6) is 0 Å². The number of carbonyl (C=O) groups is 2. The third-order valence-corrected chi connectivity index (χ3v) is 9.33. The molecule has 7 nitrogen and oxygen atoms in total. The van der Waals surface area contributed by atoms with Gasteiger partial charge in [-0.1, -0.05) is 76.7 Å². The molecule has 0 aromatic heterocycles. The van der Waals surface area contributed by atoms with Crippen LogP contribution in [0.3, 0.4) is 0 Å². The van der Waals surface area contributed by atoms with Crippen LogP contribution in [0.4, 0.5) is 5.69 Å². The van der Waals surface area contributed by atoms with Gasteiger partial charge in [-0.3, -0.25) is 13.9 Å². The molecule has 11 heteroatoms. The molecule has 1 atom stereocenters. The van der Waals surface area contributed by atoms with Crippen molar-refractivity contribution in [2.75, 3.05) is 17.4 Å². The summed E-state index contributed by atoms with van der Waals surface area (Å²) in [6.07, 6.45) is 1.06. The molecule has 1 N–H and O–H groups in total. The zero-order valence-corrected chi connectivity index (χ0v) is 26.4. The summed E-state index contributed by atoms with van der Waals surface area (Å²) in [7, 11) is -4.13. The van der Waals surface area contributed by atoms with E-state index in [1.54, 1.807) is 61.5 Å². The second-order valence-corrected chi connectivity index (χ2v) is 12.9. The Hall–Kier alpha value is -2.59. The van der Waals surface area contributed by atoms with E-state index in [0.717, 1.165) is 20.8 Å². The van der Waals surface area contributed by atoms with Crippen molar-refractivity contribution < 1.29 is 18.0 Å². The van der Waals surface area contributed by atoms with E-state index in [-0.39, 0.29) is 17.3 Å². The molecule has 0 aliphatic heterocycles. The first-order chi connectivity index (χ1) is 19.0. The van der Waals surface area contributed by atoms with Gasteiger partial charge in [0, 0.05) is 17.6 Å².